The van der Waals surface area contributed by atoms with Gasteiger partial charge in [0.1, 0.15) is 5.69 Å². The predicted octanol–water partition coefficient (Wildman–Crippen LogP) is 3.36. The molecule has 0 saturated carbocycles. The Bertz CT molecular complexity index is 749. The van der Waals surface area contributed by atoms with Crippen molar-refractivity contribution in [2.24, 2.45) is 0 Å². The Labute approximate surface area is 121 Å². The molecule has 0 unspecified atom stereocenters. The lowest BCUT2D eigenvalue weighted by atomic mass is 10.1. The average Bonchev–Trinajstić information content (AvgIpc) is 2.98. The molecule has 0 aliphatic heterocycles. The van der Waals surface area contributed by atoms with E-state index in [4.69, 9.17) is 4.52 Å². The topological polar surface area (TPSA) is 68.0 Å². The highest BCUT2D eigenvalue weighted by atomic mass is 16.5. The summed E-state index contributed by atoms with van der Waals surface area (Å²) in [5, 5.41) is 6.80. The Morgan fingerprint density at radius 2 is 1.76 bits per heavy atom. The number of nitrogens with one attached hydrogen (secondary N) is 1. The molecular formula is C16H13N3O2. The van der Waals surface area contributed by atoms with Crippen LogP contribution in [-0.2, 0) is 4.79 Å². The molecule has 1 aromatic carbocycles. The first-order valence-corrected chi connectivity index (χ1v) is 6.47. The molecule has 0 radical (unpaired) electrons. The minimum absolute atomic E-state index is 0.0934. The fourth-order valence-corrected chi connectivity index (χ4v) is 1.99. The highest BCUT2D eigenvalue weighted by molar-refractivity contribution is 5.88. The maximum Gasteiger partial charge on any atom is 0.221 e. The summed E-state index contributed by atoms with van der Waals surface area (Å²) in [5.41, 5.74) is 3.35. The van der Waals surface area contributed by atoms with Crippen molar-refractivity contribution in [1.29, 1.82) is 0 Å². The van der Waals surface area contributed by atoms with Crippen LogP contribution < -0.4 is 5.32 Å². The maximum absolute atomic E-state index is 11.0. The molecular weight excluding hydrogens is 266 g/mol. The monoisotopic (exact) mass is 279 g/mol. The van der Waals surface area contributed by atoms with Gasteiger partial charge >= 0.3 is 0 Å². The Morgan fingerprint density at radius 1 is 1.05 bits per heavy atom. The number of hydrogen-bond acceptors (Lipinski definition) is 4. The molecule has 3 rings (SSSR count). The molecule has 5 nitrogen and oxygen atoms in total. The van der Waals surface area contributed by atoms with E-state index in [-0.39, 0.29) is 5.91 Å². The molecule has 0 atom stereocenters. The Morgan fingerprint density at radius 3 is 2.43 bits per heavy atom. The molecule has 3 aromatic rings. The van der Waals surface area contributed by atoms with Crippen molar-refractivity contribution in [1.82, 2.24) is 10.1 Å². The van der Waals surface area contributed by atoms with Crippen LogP contribution in [0.1, 0.15) is 6.92 Å². The van der Waals surface area contributed by atoms with Crippen LogP contribution in [0.25, 0.3) is 22.6 Å². The first-order valence-electron chi connectivity index (χ1n) is 6.47. The third-order valence-electron chi connectivity index (χ3n) is 2.98. The summed E-state index contributed by atoms with van der Waals surface area (Å²) >= 11 is 0. The van der Waals surface area contributed by atoms with Crippen LogP contribution in [0.3, 0.4) is 0 Å². The lowest BCUT2D eigenvalue weighted by Gasteiger charge is -2.02. The van der Waals surface area contributed by atoms with Crippen molar-refractivity contribution in [2.75, 3.05) is 5.32 Å². The first kappa shape index (κ1) is 13.1. The van der Waals surface area contributed by atoms with E-state index in [0.29, 0.717) is 5.76 Å². The summed E-state index contributed by atoms with van der Waals surface area (Å²) in [7, 11) is 0. The van der Waals surface area contributed by atoms with E-state index in [1.54, 1.807) is 12.4 Å². The van der Waals surface area contributed by atoms with Gasteiger partial charge in [0.25, 0.3) is 0 Å². The summed E-state index contributed by atoms with van der Waals surface area (Å²) in [5.74, 6) is 0.600. The second-order valence-corrected chi connectivity index (χ2v) is 4.57. The van der Waals surface area contributed by atoms with E-state index < -0.39 is 0 Å². The number of carbonyl (C=O) groups is 1. The van der Waals surface area contributed by atoms with Gasteiger partial charge < -0.3 is 9.84 Å². The molecule has 0 fully saturated rings. The van der Waals surface area contributed by atoms with Crippen molar-refractivity contribution in [3.8, 4) is 22.6 Å². The van der Waals surface area contributed by atoms with Gasteiger partial charge in [0.2, 0.25) is 5.91 Å². The minimum atomic E-state index is -0.0934. The number of anilines is 1. The molecule has 0 bridgehead atoms. The van der Waals surface area contributed by atoms with Crippen LogP contribution >= 0.6 is 0 Å². The zero-order valence-corrected chi connectivity index (χ0v) is 11.4. The smallest absolute Gasteiger partial charge is 0.221 e. The van der Waals surface area contributed by atoms with Crippen LogP contribution in [0.15, 0.2) is 59.4 Å². The van der Waals surface area contributed by atoms with E-state index in [2.05, 4.69) is 15.5 Å². The van der Waals surface area contributed by atoms with Crippen molar-refractivity contribution in [3.63, 3.8) is 0 Å². The van der Waals surface area contributed by atoms with E-state index >= 15 is 0 Å². The molecule has 21 heavy (non-hydrogen) atoms. The van der Waals surface area contributed by atoms with Gasteiger partial charge in [0.05, 0.1) is 0 Å². The van der Waals surface area contributed by atoms with Crippen molar-refractivity contribution >= 4 is 11.6 Å². The van der Waals surface area contributed by atoms with Gasteiger partial charge in [-0.1, -0.05) is 17.3 Å². The van der Waals surface area contributed by atoms with Gasteiger partial charge in [-0.3, -0.25) is 9.78 Å². The van der Waals surface area contributed by atoms with Crippen molar-refractivity contribution in [2.45, 2.75) is 6.92 Å². The second kappa shape index (κ2) is 5.58. The number of benzene rings is 1. The van der Waals surface area contributed by atoms with E-state index in [0.717, 1.165) is 22.5 Å². The third kappa shape index (κ3) is 2.97. The Hall–Kier alpha value is -2.95. The van der Waals surface area contributed by atoms with Gasteiger partial charge in [-0.15, -0.1) is 0 Å². The molecule has 1 N–H and O–H groups in total. The molecule has 2 heterocycles. The van der Waals surface area contributed by atoms with Gasteiger partial charge in [-0.2, -0.15) is 0 Å². The van der Waals surface area contributed by atoms with Crippen molar-refractivity contribution in [3.05, 3.63) is 54.9 Å². The molecule has 5 heteroatoms. The summed E-state index contributed by atoms with van der Waals surface area (Å²) < 4.78 is 5.35. The van der Waals surface area contributed by atoms with Gasteiger partial charge in [-0.25, -0.2) is 0 Å². The second-order valence-electron chi connectivity index (χ2n) is 4.57. The quantitative estimate of drug-likeness (QED) is 0.798. The summed E-state index contributed by atoms with van der Waals surface area (Å²) in [6, 6.07) is 13.0. The highest BCUT2D eigenvalue weighted by Gasteiger charge is 2.08. The van der Waals surface area contributed by atoms with Crippen LogP contribution in [-0.4, -0.2) is 16.0 Å². The largest absolute Gasteiger partial charge is 0.356 e. The van der Waals surface area contributed by atoms with Gasteiger partial charge in [-0.05, 0) is 24.3 Å². The van der Waals surface area contributed by atoms with Gasteiger partial charge in [0, 0.05) is 42.2 Å². The van der Waals surface area contributed by atoms with Crippen molar-refractivity contribution < 1.29 is 9.32 Å². The zero-order valence-electron chi connectivity index (χ0n) is 11.4. The number of aromatic nitrogens is 2. The lowest BCUT2D eigenvalue weighted by Crippen LogP contribution is -2.05. The number of carbonyl (C=O) groups excluding carboxylic acids is 1. The number of rotatable bonds is 3. The fraction of sp³-hybridized carbons (Fsp3) is 0.0625. The van der Waals surface area contributed by atoms with E-state index in [1.807, 2.05) is 42.5 Å². The van der Waals surface area contributed by atoms with Crippen LogP contribution in [0.2, 0.25) is 0 Å². The molecule has 0 aliphatic carbocycles. The molecule has 1 amide bonds. The maximum atomic E-state index is 11.0. The average molecular weight is 279 g/mol. The molecule has 2 aromatic heterocycles. The number of pyridine rings is 1. The fourth-order valence-electron chi connectivity index (χ4n) is 1.99. The number of hydrogen-bond donors (Lipinski definition) is 1. The Balaban J connectivity index is 1.85. The van der Waals surface area contributed by atoms with Crippen LogP contribution in [0.4, 0.5) is 5.69 Å². The molecule has 0 aliphatic rings. The summed E-state index contributed by atoms with van der Waals surface area (Å²) in [4.78, 5) is 15.0. The summed E-state index contributed by atoms with van der Waals surface area (Å²) in [6.45, 7) is 1.48. The lowest BCUT2D eigenvalue weighted by molar-refractivity contribution is -0.114. The van der Waals surface area contributed by atoms with Crippen LogP contribution in [0, 0.1) is 0 Å². The first-order chi connectivity index (χ1) is 10.2. The predicted molar refractivity (Wildman–Crippen MR) is 79.5 cm³/mol. The van der Waals surface area contributed by atoms with E-state index in [9.17, 15) is 4.79 Å². The number of nitrogens with zero attached hydrogens (tertiary/aromatic N) is 2. The normalized spacial score (nSPS) is 10.3. The SMILES string of the molecule is CC(=O)Nc1ccc(-c2cc(-c3ccncc3)on2)cc1. The standard InChI is InChI=1S/C16H13N3O2/c1-11(20)18-14-4-2-12(3-5-14)15-10-16(21-19-15)13-6-8-17-9-7-13/h2-10H,1H3,(H,18,20). The number of amides is 1. The highest BCUT2D eigenvalue weighted by Crippen LogP contribution is 2.26. The zero-order chi connectivity index (χ0) is 14.7. The van der Waals surface area contributed by atoms with Crippen LogP contribution in [0.5, 0.6) is 0 Å². The van der Waals surface area contributed by atoms with Gasteiger partial charge in [0.15, 0.2) is 5.76 Å². The summed E-state index contributed by atoms with van der Waals surface area (Å²) in [6.07, 6.45) is 3.42. The Kier molecular flexibility index (Phi) is 3.47. The minimum Gasteiger partial charge on any atom is -0.356 e. The molecule has 0 saturated heterocycles. The third-order valence-corrected chi connectivity index (χ3v) is 2.98. The molecule has 0 spiro atoms. The molecule has 104 valence electrons. The van der Waals surface area contributed by atoms with E-state index in [1.165, 1.54) is 6.92 Å².